The van der Waals surface area contributed by atoms with Gasteiger partial charge in [-0.3, -0.25) is 4.79 Å². The van der Waals surface area contributed by atoms with Crippen LogP contribution in [0.3, 0.4) is 0 Å². The summed E-state index contributed by atoms with van der Waals surface area (Å²) in [5.41, 5.74) is 3.06. The number of carbonyl (C=O) groups is 1. The monoisotopic (exact) mass is 298 g/mol. The standard InChI is InChI=1S/C17H22N4O/c1-13-10-14(2)12-15(11-13)16(22)20-6-8-21(9-7-20)17-18-4-5-19(17)3/h4-5,10-12H,6-9H2,1-3H3. The number of nitrogens with zero attached hydrogens (tertiary/aromatic N) is 4. The topological polar surface area (TPSA) is 41.4 Å². The smallest absolute Gasteiger partial charge is 0.253 e. The van der Waals surface area contributed by atoms with Crippen LogP contribution in [0.15, 0.2) is 30.6 Å². The second-order valence-corrected chi connectivity index (χ2v) is 5.99. The van der Waals surface area contributed by atoms with Crippen molar-refractivity contribution in [2.24, 2.45) is 7.05 Å². The number of piperazine rings is 1. The summed E-state index contributed by atoms with van der Waals surface area (Å²) in [6, 6.07) is 6.04. The maximum absolute atomic E-state index is 12.7. The normalized spacial score (nSPS) is 15.2. The van der Waals surface area contributed by atoms with Crippen LogP contribution >= 0.6 is 0 Å². The fourth-order valence-corrected chi connectivity index (χ4v) is 3.05. The molecular formula is C17H22N4O. The lowest BCUT2D eigenvalue weighted by atomic mass is 10.1. The van der Waals surface area contributed by atoms with E-state index in [9.17, 15) is 4.79 Å². The summed E-state index contributed by atoms with van der Waals surface area (Å²) in [6.07, 6.45) is 3.75. The van der Waals surface area contributed by atoms with E-state index in [4.69, 9.17) is 0 Å². The van der Waals surface area contributed by atoms with E-state index in [0.717, 1.165) is 48.8 Å². The van der Waals surface area contributed by atoms with E-state index < -0.39 is 0 Å². The Morgan fingerprint density at radius 2 is 1.68 bits per heavy atom. The number of anilines is 1. The van der Waals surface area contributed by atoms with Crippen molar-refractivity contribution in [2.45, 2.75) is 13.8 Å². The first-order chi connectivity index (χ1) is 10.5. The highest BCUT2D eigenvalue weighted by Crippen LogP contribution is 2.16. The molecule has 1 aromatic carbocycles. The zero-order valence-electron chi connectivity index (χ0n) is 13.4. The highest BCUT2D eigenvalue weighted by molar-refractivity contribution is 5.94. The van der Waals surface area contributed by atoms with Crippen LogP contribution in [0.25, 0.3) is 0 Å². The van der Waals surface area contributed by atoms with Crippen molar-refractivity contribution in [3.05, 3.63) is 47.3 Å². The van der Waals surface area contributed by atoms with Crippen molar-refractivity contribution in [2.75, 3.05) is 31.1 Å². The Balaban J connectivity index is 1.68. The molecule has 1 fully saturated rings. The van der Waals surface area contributed by atoms with Crippen LogP contribution in [-0.2, 0) is 7.05 Å². The van der Waals surface area contributed by atoms with E-state index >= 15 is 0 Å². The van der Waals surface area contributed by atoms with Gasteiger partial charge in [0.15, 0.2) is 0 Å². The van der Waals surface area contributed by atoms with Crippen molar-refractivity contribution in [3.8, 4) is 0 Å². The third-order valence-electron chi connectivity index (χ3n) is 4.11. The number of rotatable bonds is 2. The molecule has 5 nitrogen and oxygen atoms in total. The molecule has 0 radical (unpaired) electrons. The predicted molar refractivity (Wildman–Crippen MR) is 87.2 cm³/mol. The summed E-state index contributed by atoms with van der Waals surface area (Å²) >= 11 is 0. The average molecular weight is 298 g/mol. The molecule has 1 aromatic heterocycles. The molecule has 2 aromatic rings. The molecular weight excluding hydrogens is 276 g/mol. The Bertz CT molecular complexity index is 663. The summed E-state index contributed by atoms with van der Waals surface area (Å²) < 4.78 is 2.02. The van der Waals surface area contributed by atoms with Gasteiger partial charge in [0.2, 0.25) is 5.95 Å². The van der Waals surface area contributed by atoms with Gasteiger partial charge in [-0.2, -0.15) is 0 Å². The molecule has 0 saturated carbocycles. The summed E-state index contributed by atoms with van der Waals surface area (Å²) in [4.78, 5) is 21.2. The molecule has 1 aliphatic heterocycles. The molecule has 0 N–H and O–H groups in total. The van der Waals surface area contributed by atoms with E-state index in [0.29, 0.717) is 0 Å². The van der Waals surface area contributed by atoms with Crippen molar-refractivity contribution in [3.63, 3.8) is 0 Å². The Kier molecular flexibility index (Phi) is 3.88. The van der Waals surface area contributed by atoms with Crippen molar-refractivity contribution in [1.29, 1.82) is 0 Å². The van der Waals surface area contributed by atoms with Gasteiger partial charge in [-0.25, -0.2) is 4.98 Å². The fourth-order valence-electron chi connectivity index (χ4n) is 3.05. The van der Waals surface area contributed by atoms with Gasteiger partial charge in [0.05, 0.1) is 0 Å². The van der Waals surface area contributed by atoms with Gasteiger partial charge in [-0.05, 0) is 26.0 Å². The molecule has 2 heterocycles. The average Bonchev–Trinajstić information content (AvgIpc) is 2.92. The molecule has 0 spiro atoms. The molecule has 116 valence electrons. The summed E-state index contributed by atoms with van der Waals surface area (Å²) in [5.74, 6) is 1.10. The molecule has 5 heteroatoms. The number of amides is 1. The van der Waals surface area contributed by atoms with E-state index in [1.807, 2.05) is 54.9 Å². The maximum atomic E-state index is 12.7. The lowest BCUT2D eigenvalue weighted by molar-refractivity contribution is 0.0746. The highest BCUT2D eigenvalue weighted by atomic mass is 16.2. The molecule has 1 amide bonds. The van der Waals surface area contributed by atoms with Crippen LogP contribution in [0.1, 0.15) is 21.5 Å². The van der Waals surface area contributed by atoms with Crippen LogP contribution in [0.5, 0.6) is 0 Å². The van der Waals surface area contributed by atoms with E-state index in [2.05, 4.69) is 16.0 Å². The summed E-state index contributed by atoms with van der Waals surface area (Å²) in [5, 5.41) is 0. The van der Waals surface area contributed by atoms with Crippen LogP contribution in [-0.4, -0.2) is 46.5 Å². The minimum Gasteiger partial charge on any atom is -0.339 e. The van der Waals surface area contributed by atoms with Gasteiger partial charge in [0.1, 0.15) is 0 Å². The summed E-state index contributed by atoms with van der Waals surface area (Å²) in [7, 11) is 2.00. The Morgan fingerprint density at radius 1 is 1.05 bits per heavy atom. The van der Waals surface area contributed by atoms with Crippen molar-refractivity contribution < 1.29 is 4.79 Å². The first-order valence-corrected chi connectivity index (χ1v) is 7.64. The molecule has 3 rings (SSSR count). The third kappa shape index (κ3) is 2.84. The van der Waals surface area contributed by atoms with Crippen molar-refractivity contribution in [1.82, 2.24) is 14.5 Å². The number of imidazole rings is 1. The second kappa shape index (κ2) is 5.83. The molecule has 0 bridgehead atoms. The molecule has 0 atom stereocenters. The number of carbonyl (C=O) groups excluding carboxylic acids is 1. The largest absolute Gasteiger partial charge is 0.339 e. The quantitative estimate of drug-likeness (QED) is 0.851. The molecule has 0 unspecified atom stereocenters. The number of hydrogen-bond acceptors (Lipinski definition) is 3. The highest BCUT2D eigenvalue weighted by Gasteiger charge is 2.24. The number of aromatic nitrogens is 2. The Hall–Kier alpha value is -2.30. The molecule has 1 saturated heterocycles. The first kappa shape index (κ1) is 14.6. The van der Waals surface area contributed by atoms with Crippen LogP contribution < -0.4 is 4.90 Å². The molecule has 22 heavy (non-hydrogen) atoms. The number of hydrogen-bond donors (Lipinski definition) is 0. The zero-order chi connectivity index (χ0) is 15.7. The Labute approximate surface area is 131 Å². The molecule has 0 aliphatic carbocycles. The third-order valence-corrected chi connectivity index (χ3v) is 4.11. The van der Waals surface area contributed by atoms with Crippen LogP contribution in [0, 0.1) is 13.8 Å². The van der Waals surface area contributed by atoms with Crippen LogP contribution in [0.2, 0.25) is 0 Å². The minimum absolute atomic E-state index is 0.131. The number of benzene rings is 1. The van der Waals surface area contributed by atoms with Gasteiger partial charge in [-0.15, -0.1) is 0 Å². The first-order valence-electron chi connectivity index (χ1n) is 7.64. The van der Waals surface area contributed by atoms with E-state index in [1.165, 1.54) is 0 Å². The second-order valence-electron chi connectivity index (χ2n) is 5.99. The van der Waals surface area contributed by atoms with Crippen LogP contribution in [0.4, 0.5) is 5.95 Å². The van der Waals surface area contributed by atoms with E-state index in [-0.39, 0.29) is 5.91 Å². The predicted octanol–water partition coefficient (Wildman–Crippen LogP) is 2.00. The van der Waals surface area contributed by atoms with E-state index in [1.54, 1.807) is 0 Å². The SMILES string of the molecule is Cc1cc(C)cc(C(=O)N2CCN(c3nccn3C)CC2)c1. The van der Waals surface area contributed by atoms with Gasteiger partial charge in [0, 0.05) is 51.2 Å². The maximum Gasteiger partial charge on any atom is 0.253 e. The number of aryl methyl sites for hydroxylation is 3. The van der Waals surface area contributed by atoms with Gasteiger partial charge < -0.3 is 14.4 Å². The lowest BCUT2D eigenvalue weighted by Crippen LogP contribution is -2.49. The molecule has 1 aliphatic rings. The fraction of sp³-hybridized carbons (Fsp3) is 0.412. The Morgan fingerprint density at radius 3 is 2.23 bits per heavy atom. The lowest BCUT2D eigenvalue weighted by Gasteiger charge is -2.35. The van der Waals surface area contributed by atoms with Gasteiger partial charge in [-0.1, -0.05) is 17.2 Å². The van der Waals surface area contributed by atoms with Gasteiger partial charge >= 0.3 is 0 Å². The van der Waals surface area contributed by atoms with Gasteiger partial charge in [0.25, 0.3) is 5.91 Å². The minimum atomic E-state index is 0.131. The van der Waals surface area contributed by atoms with Crippen molar-refractivity contribution >= 4 is 11.9 Å². The zero-order valence-corrected chi connectivity index (χ0v) is 13.4. The summed E-state index contributed by atoms with van der Waals surface area (Å²) in [6.45, 7) is 7.17.